The molecule has 2 aliphatic heterocycles. The Morgan fingerprint density at radius 3 is 2.40 bits per heavy atom. The third kappa shape index (κ3) is 4.05. The molecule has 2 aromatic rings. The molecule has 2 unspecified atom stereocenters. The van der Waals surface area contributed by atoms with Crippen LogP contribution in [0.5, 0.6) is 0 Å². The van der Waals surface area contributed by atoms with E-state index in [2.05, 4.69) is 0 Å². The number of hydrogen-bond acceptors (Lipinski definition) is 3. The lowest BCUT2D eigenvalue weighted by molar-refractivity contribution is -0.145. The highest BCUT2D eigenvalue weighted by Gasteiger charge is 2.38. The highest BCUT2D eigenvalue weighted by molar-refractivity contribution is 6.30. The lowest BCUT2D eigenvalue weighted by Crippen LogP contribution is -2.55. The van der Waals surface area contributed by atoms with E-state index in [4.69, 9.17) is 17.3 Å². The number of benzene rings is 2. The van der Waals surface area contributed by atoms with Crippen LogP contribution in [0.2, 0.25) is 5.02 Å². The van der Waals surface area contributed by atoms with Crippen molar-refractivity contribution in [2.45, 2.75) is 31.8 Å². The van der Waals surface area contributed by atoms with E-state index in [0.29, 0.717) is 43.1 Å². The zero-order chi connectivity index (χ0) is 21.3. The van der Waals surface area contributed by atoms with Gasteiger partial charge in [-0.25, -0.2) is 0 Å². The average Bonchev–Trinajstić information content (AvgIpc) is 2.77. The van der Waals surface area contributed by atoms with Crippen molar-refractivity contribution >= 4 is 29.3 Å². The topological polar surface area (TPSA) is 83.7 Å². The minimum Gasteiger partial charge on any atom is -0.368 e. The Labute approximate surface area is 180 Å². The molecule has 1 fully saturated rings. The fourth-order valence-electron chi connectivity index (χ4n) is 4.38. The SMILES string of the molecule is NC(=O)C1Cc2ccccc2CN1C(=O)C1CCCN(C(=O)c2ccc(Cl)cc2)C1. The van der Waals surface area contributed by atoms with Gasteiger partial charge in [0.2, 0.25) is 11.8 Å². The van der Waals surface area contributed by atoms with Gasteiger partial charge in [-0.3, -0.25) is 14.4 Å². The lowest BCUT2D eigenvalue weighted by atomic mass is 9.90. The van der Waals surface area contributed by atoms with E-state index in [-0.39, 0.29) is 17.7 Å². The predicted molar refractivity (Wildman–Crippen MR) is 114 cm³/mol. The minimum atomic E-state index is -0.658. The summed E-state index contributed by atoms with van der Waals surface area (Å²) >= 11 is 5.92. The number of fused-ring (bicyclic) bond motifs is 1. The summed E-state index contributed by atoms with van der Waals surface area (Å²) in [6.07, 6.45) is 1.85. The second-order valence-corrected chi connectivity index (χ2v) is 8.39. The maximum Gasteiger partial charge on any atom is 0.253 e. The van der Waals surface area contributed by atoms with Crippen molar-refractivity contribution in [1.82, 2.24) is 9.80 Å². The van der Waals surface area contributed by atoms with Crippen LogP contribution in [0, 0.1) is 5.92 Å². The maximum absolute atomic E-state index is 13.4. The molecule has 2 N–H and O–H groups in total. The van der Waals surface area contributed by atoms with E-state index in [9.17, 15) is 14.4 Å². The molecule has 1 saturated heterocycles. The smallest absolute Gasteiger partial charge is 0.253 e. The summed E-state index contributed by atoms with van der Waals surface area (Å²) in [5.41, 5.74) is 8.27. The third-order valence-corrected chi connectivity index (χ3v) is 6.26. The molecule has 4 rings (SSSR count). The van der Waals surface area contributed by atoms with Crippen LogP contribution < -0.4 is 5.73 Å². The second kappa shape index (κ2) is 8.48. The van der Waals surface area contributed by atoms with Crippen molar-refractivity contribution in [3.63, 3.8) is 0 Å². The first kappa shape index (κ1) is 20.4. The Hall–Kier alpha value is -2.86. The van der Waals surface area contributed by atoms with E-state index in [1.807, 2.05) is 24.3 Å². The lowest BCUT2D eigenvalue weighted by Gasteiger charge is -2.40. The highest BCUT2D eigenvalue weighted by Crippen LogP contribution is 2.28. The third-order valence-electron chi connectivity index (χ3n) is 6.01. The Morgan fingerprint density at radius 2 is 1.70 bits per heavy atom. The zero-order valence-corrected chi connectivity index (χ0v) is 17.3. The van der Waals surface area contributed by atoms with E-state index in [1.54, 1.807) is 34.1 Å². The standard InChI is InChI=1S/C23H24ClN3O3/c24-19-9-7-15(8-10-19)22(29)26-11-3-6-18(13-26)23(30)27-14-17-5-2-1-4-16(17)12-20(27)21(25)28/h1-2,4-5,7-10,18,20H,3,6,11-14H2,(H2,25,28). The van der Waals surface area contributed by atoms with Gasteiger partial charge in [0, 0.05) is 36.6 Å². The largest absolute Gasteiger partial charge is 0.368 e. The van der Waals surface area contributed by atoms with Crippen LogP contribution >= 0.6 is 11.6 Å². The summed E-state index contributed by atoms with van der Waals surface area (Å²) in [6.45, 7) is 1.31. The Morgan fingerprint density at radius 1 is 1.00 bits per heavy atom. The maximum atomic E-state index is 13.4. The fourth-order valence-corrected chi connectivity index (χ4v) is 4.51. The first-order chi connectivity index (χ1) is 14.4. The molecule has 0 bridgehead atoms. The molecule has 0 radical (unpaired) electrons. The molecular formula is C23H24ClN3O3. The van der Waals surface area contributed by atoms with Crippen LogP contribution in [-0.4, -0.2) is 46.7 Å². The minimum absolute atomic E-state index is 0.109. The molecule has 2 aliphatic rings. The average molecular weight is 426 g/mol. The van der Waals surface area contributed by atoms with Crippen molar-refractivity contribution in [2.75, 3.05) is 13.1 Å². The number of carbonyl (C=O) groups excluding carboxylic acids is 3. The van der Waals surface area contributed by atoms with Crippen molar-refractivity contribution in [1.29, 1.82) is 0 Å². The first-order valence-electron chi connectivity index (χ1n) is 10.2. The van der Waals surface area contributed by atoms with Gasteiger partial charge in [-0.2, -0.15) is 0 Å². The van der Waals surface area contributed by atoms with Gasteiger partial charge in [0.15, 0.2) is 0 Å². The number of halogens is 1. The number of rotatable bonds is 3. The van der Waals surface area contributed by atoms with Crippen molar-refractivity contribution < 1.29 is 14.4 Å². The molecule has 0 spiro atoms. The molecule has 0 aromatic heterocycles. The van der Waals surface area contributed by atoms with E-state index >= 15 is 0 Å². The van der Waals surface area contributed by atoms with Crippen LogP contribution in [0.4, 0.5) is 0 Å². The van der Waals surface area contributed by atoms with Gasteiger partial charge >= 0.3 is 0 Å². The van der Waals surface area contributed by atoms with Crippen molar-refractivity contribution in [3.05, 3.63) is 70.2 Å². The Bertz CT molecular complexity index is 976. The summed E-state index contributed by atoms with van der Waals surface area (Å²) < 4.78 is 0. The number of amides is 3. The number of piperidine rings is 1. The predicted octanol–water partition coefficient (Wildman–Crippen LogP) is 2.63. The number of nitrogens with zero attached hydrogens (tertiary/aromatic N) is 2. The summed E-state index contributed by atoms with van der Waals surface area (Å²) in [6, 6.07) is 13.9. The van der Waals surface area contributed by atoms with Crippen LogP contribution in [0.1, 0.15) is 34.3 Å². The normalized spacial score (nSPS) is 21.1. The highest BCUT2D eigenvalue weighted by atomic mass is 35.5. The van der Waals surface area contributed by atoms with Gasteiger partial charge in [-0.05, 0) is 48.2 Å². The molecule has 6 nitrogen and oxygen atoms in total. The van der Waals surface area contributed by atoms with Crippen LogP contribution in [-0.2, 0) is 22.6 Å². The number of hydrogen-bond donors (Lipinski definition) is 1. The van der Waals surface area contributed by atoms with Crippen LogP contribution in [0.3, 0.4) is 0 Å². The number of likely N-dealkylation sites (tertiary alicyclic amines) is 1. The molecule has 156 valence electrons. The molecule has 2 aromatic carbocycles. The molecule has 3 amide bonds. The number of nitrogens with two attached hydrogens (primary N) is 1. The van der Waals surface area contributed by atoms with Crippen molar-refractivity contribution in [3.8, 4) is 0 Å². The summed E-state index contributed by atoms with van der Waals surface area (Å²) in [5.74, 6) is -1.06. The van der Waals surface area contributed by atoms with Crippen LogP contribution in [0.25, 0.3) is 0 Å². The molecule has 7 heteroatoms. The second-order valence-electron chi connectivity index (χ2n) is 7.95. The number of primary amides is 1. The van der Waals surface area contributed by atoms with E-state index in [0.717, 1.165) is 17.5 Å². The molecule has 2 heterocycles. The molecule has 30 heavy (non-hydrogen) atoms. The van der Waals surface area contributed by atoms with Gasteiger partial charge in [0.1, 0.15) is 6.04 Å². The van der Waals surface area contributed by atoms with E-state index in [1.165, 1.54) is 0 Å². The van der Waals surface area contributed by atoms with Gasteiger partial charge in [-0.15, -0.1) is 0 Å². The molecule has 0 aliphatic carbocycles. The first-order valence-corrected chi connectivity index (χ1v) is 10.5. The van der Waals surface area contributed by atoms with Gasteiger partial charge < -0.3 is 15.5 Å². The van der Waals surface area contributed by atoms with Gasteiger partial charge in [0.25, 0.3) is 5.91 Å². The summed E-state index contributed by atoms with van der Waals surface area (Å²) in [7, 11) is 0. The summed E-state index contributed by atoms with van der Waals surface area (Å²) in [5, 5.41) is 0.570. The summed E-state index contributed by atoms with van der Waals surface area (Å²) in [4.78, 5) is 41.7. The number of carbonyl (C=O) groups is 3. The van der Waals surface area contributed by atoms with Crippen LogP contribution in [0.15, 0.2) is 48.5 Å². The Balaban J connectivity index is 1.51. The monoisotopic (exact) mass is 425 g/mol. The molecule has 0 saturated carbocycles. The van der Waals surface area contributed by atoms with Crippen molar-refractivity contribution in [2.24, 2.45) is 11.7 Å². The Kier molecular flexibility index (Phi) is 5.77. The van der Waals surface area contributed by atoms with Gasteiger partial charge in [-0.1, -0.05) is 35.9 Å². The van der Waals surface area contributed by atoms with Gasteiger partial charge in [0.05, 0.1) is 5.92 Å². The molecule has 2 atom stereocenters. The zero-order valence-electron chi connectivity index (χ0n) is 16.6. The van der Waals surface area contributed by atoms with E-state index < -0.39 is 11.9 Å². The quantitative estimate of drug-likeness (QED) is 0.820. The fraction of sp³-hybridized carbons (Fsp3) is 0.348. The molecular weight excluding hydrogens is 402 g/mol.